The number of likely N-dealkylation sites (tertiary alicyclic amines) is 1. The number of hydrogen-bond acceptors (Lipinski definition) is 4. The molecule has 1 amide bonds. The Morgan fingerprint density at radius 3 is 3.17 bits per heavy atom. The lowest BCUT2D eigenvalue weighted by Gasteiger charge is -2.31. The van der Waals surface area contributed by atoms with Crippen molar-refractivity contribution in [3.05, 3.63) is 29.6 Å². The third-order valence-electron chi connectivity index (χ3n) is 3.34. The van der Waals surface area contributed by atoms with Crippen LogP contribution < -0.4 is 5.73 Å². The number of pyridine rings is 1. The molecule has 1 saturated heterocycles. The van der Waals surface area contributed by atoms with Gasteiger partial charge in [-0.3, -0.25) is 9.78 Å². The minimum atomic E-state index is 0.00486. The van der Waals surface area contributed by atoms with Gasteiger partial charge in [0.1, 0.15) is 0 Å². The van der Waals surface area contributed by atoms with Gasteiger partial charge in [-0.05, 0) is 30.9 Å². The second kappa shape index (κ2) is 5.93. The van der Waals surface area contributed by atoms with E-state index < -0.39 is 0 Å². The van der Waals surface area contributed by atoms with E-state index in [9.17, 15) is 9.90 Å². The van der Waals surface area contributed by atoms with Crippen molar-refractivity contribution < 1.29 is 9.90 Å². The highest BCUT2D eigenvalue weighted by Crippen LogP contribution is 2.18. The molecule has 1 atom stereocenters. The molecule has 1 aliphatic rings. The summed E-state index contributed by atoms with van der Waals surface area (Å²) >= 11 is 0. The van der Waals surface area contributed by atoms with Crippen molar-refractivity contribution in [3.63, 3.8) is 0 Å². The van der Waals surface area contributed by atoms with Gasteiger partial charge in [0.25, 0.3) is 5.91 Å². The van der Waals surface area contributed by atoms with Gasteiger partial charge in [-0.15, -0.1) is 0 Å². The van der Waals surface area contributed by atoms with Crippen molar-refractivity contribution in [1.82, 2.24) is 9.88 Å². The Kier molecular flexibility index (Phi) is 4.28. The van der Waals surface area contributed by atoms with Crippen molar-refractivity contribution in [2.75, 3.05) is 19.7 Å². The first kappa shape index (κ1) is 13.0. The highest BCUT2D eigenvalue weighted by Gasteiger charge is 2.24. The Labute approximate surface area is 107 Å². The van der Waals surface area contributed by atoms with Crippen LogP contribution in [0.2, 0.25) is 0 Å². The molecule has 1 unspecified atom stereocenters. The van der Waals surface area contributed by atoms with Crippen LogP contribution >= 0.6 is 0 Å². The largest absolute Gasteiger partial charge is 0.396 e. The number of amides is 1. The fourth-order valence-corrected chi connectivity index (χ4v) is 2.30. The molecule has 0 aliphatic carbocycles. The summed E-state index contributed by atoms with van der Waals surface area (Å²) in [6.45, 7) is 1.87. The van der Waals surface area contributed by atoms with Crippen molar-refractivity contribution >= 4 is 5.91 Å². The average Bonchev–Trinajstić information content (AvgIpc) is 2.46. The Hall–Kier alpha value is -1.46. The van der Waals surface area contributed by atoms with E-state index in [-0.39, 0.29) is 18.4 Å². The van der Waals surface area contributed by atoms with Gasteiger partial charge in [-0.1, -0.05) is 0 Å². The fourth-order valence-electron chi connectivity index (χ4n) is 2.30. The number of aliphatic hydroxyl groups excluding tert-OH is 1. The smallest absolute Gasteiger partial charge is 0.253 e. The summed E-state index contributed by atoms with van der Waals surface area (Å²) in [5, 5.41) is 9.18. The van der Waals surface area contributed by atoms with Gasteiger partial charge in [0.05, 0.1) is 5.69 Å². The summed E-state index contributed by atoms with van der Waals surface area (Å²) in [5.41, 5.74) is 6.87. The molecular weight excluding hydrogens is 230 g/mol. The van der Waals surface area contributed by atoms with Crippen LogP contribution in [0.25, 0.3) is 0 Å². The zero-order valence-electron chi connectivity index (χ0n) is 10.4. The maximum Gasteiger partial charge on any atom is 0.253 e. The number of nitrogens with two attached hydrogens (primary N) is 1. The fraction of sp³-hybridized carbons (Fsp3) is 0.538. The van der Waals surface area contributed by atoms with E-state index in [4.69, 9.17) is 5.73 Å². The van der Waals surface area contributed by atoms with Crippen LogP contribution in [0.1, 0.15) is 28.9 Å². The summed E-state index contributed by atoms with van der Waals surface area (Å²) in [4.78, 5) is 18.2. The number of nitrogens with zero attached hydrogens (tertiary/aromatic N) is 2. The Morgan fingerprint density at radius 2 is 2.44 bits per heavy atom. The third-order valence-corrected chi connectivity index (χ3v) is 3.34. The van der Waals surface area contributed by atoms with Crippen molar-refractivity contribution in [2.45, 2.75) is 19.4 Å². The molecule has 5 nitrogen and oxygen atoms in total. The monoisotopic (exact) mass is 249 g/mol. The number of aromatic nitrogens is 1. The van der Waals surface area contributed by atoms with Crippen LogP contribution in [0.3, 0.4) is 0 Å². The van der Waals surface area contributed by atoms with Gasteiger partial charge in [0.15, 0.2) is 0 Å². The summed E-state index contributed by atoms with van der Waals surface area (Å²) in [6, 6.07) is 3.45. The Bertz CT molecular complexity index is 422. The predicted octanol–water partition coefficient (Wildman–Crippen LogP) is 0.385. The molecule has 5 heteroatoms. The lowest BCUT2D eigenvalue weighted by molar-refractivity contribution is 0.0620. The summed E-state index contributed by atoms with van der Waals surface area (Å²) in [6.07, 6.45) is 3.55. The van der Waals surface area contributed by atoms with Crippen LogP contribution in [0.4, 0.5) is 0 Å². The summed E-state index contributed by atoms with van der Waals surface area (Å²) in [7, 11) is 0. The lowest BCUT2D eigenvalue weighted by atomic mass is 9.98. The van der Waals surface area contributed by atoms with Gasteiger partial charge >= 0.3 is 0 Å². The number of rotatable bonds is 3. The first-order valence-electron chi connectivity index (χ1n) is 6.29. The zero-order valence-corrected chi connectivity index (χ0v) is 10.4. The van der Waals surface area contributed by atoms with E-state index in [0.29, 0.717) is 18.7 Å². The summed E-state index contributed by atoms with van der Waals surface area (Å²) < 4.78 is 0. The summed E-state index contributed by atoms with van der Waals surface area (Å²) in [5.74, 6) is 0.212. The third kappa shape index (κ3) is 2.86. The van der Waals surface area contributed by atoms with E-state index in [1.54, 1.807) is 23.2 Å². The van der Waals surface area contributed by atoms with Crippen LogP contribution in [0.5, 0.6) is 0 Å². The van der Waals surface area contributed by atoms with Gasteiger partial charge in [0.2, 0.25) is 0 Å². The second-order valence-electron chi connectivity index (χ2n) is 4.68. The number of hydrogen-bond donors (Lipinski definition) is 2. The van der Waals surface area contributed by atoms with Crippen molar-refractivity contribution in [3.8, 4) is 0 Å². The van der Waals surface area contributed by atoms with Gasteiger partial charge in [0, 0.05) is 38.0 Å². The van der Waals surface area contributed by atoms with Crippen LogP contribution in [-0.2, 0) is 6.54 Å². The number of carbonyl (C=O) groups is 1. The molecule has 98 valence electrons. The van der Waals surface area contributed by atoms with Gasteiger partial charge < -0.3 is 15.7 Å². The average molecular weight is 249 g/mol. The predicted molar refractivity (Wildman–Crippen MR) is 67.8 cm³/mol. The van der Waals surface area contributed by atoms with Crippen molar-refractivity contribution in [1.29, 1.82) is 0 Å². The second-order valence-corrected chi connectivity index (χ2v) is 4.68. The minimum Gasteiger partial charge on any atom is -0.396 e. The Morgan fingerprint density at radius 1 is 1.61 bits per heavy atom. The maximum atomic E-state index is 12.3. The molecule has 1 fully saturated rings. The molecule has 0 radical (unpaired) electrons. The quantitative estimate of drug-likeness (QED) is 0.812. The first-order chi connectivity index (χ1) is 8.74. The van der Waals surface area contributed by atoms with E-state index in [0.717, 1.165) is 25.1 Å². The van der Waals surface area contributed by atoms with E-state index in [1.165, 1.54) is 0 Å². The molecule has 0 bridgehead atoms. The molecular formula is C13H19N3O2. The van der Waals surface area contributed by atoms with Crippen LogP contribution in [0.15, 0.2) is 18.3 Å². The molecule has 2 rings (SSSR count). The lowest BCUT2D eigenvalue weighted by Crippen LogP contribution is -2.41. The molecule has 0 aromatic carbocycles. The number of piperidine rings is 1. The van der Waals surface area contributed by atoms with Crippen molar-refractivity contribution in [2.24, 2.45) is 11.7 Å². The van der Waals surface area contributed by atoms with Crippen LogP contribution in [0, 0.1) is 5.92 Å². The maximum absolute atomic E-state index is 12.3. The highest BCUT2D eigenvalue weighted by atomic mass is 16.3. The van der Waals surface area contributed by atoms with Gasteiger partial charge in [-0.25, -0.2) is 0 Å². The van der Waals surface area contributed by atoms with E-state index in [2.05, 4.69) is 4.98 Å². The number of carbonyl (C=O) groups excluding carboxylic acids is 1. The zero-order chi connectivity index (χ0) is 13.0. The molecule has 1 aliphatic heterocycles. The SMILES string of the molecule is NCc1cc(C(=O)N2CCCC(CO)C2)ccn1. The highest BCUT2D eigenvalue weighted by molar-refractivity contribution is 5.94. The van der Waals surface area contributed by atoms with Gasteiger partial charge in [-0.2, -0.15) is 0 Å². The standard InChI is InChI=1S/C13H19N3O2/c14-7-12-6-11(3-4-15-12)13(18)16-5-1-2-10(8-16)9-17/h3-4,6,10,17H,1-2,5,7-9,14H2. The molecule has 1 aromatic heterocycles. The molecule has 3 N–H and O–H groups in total. The molecule has 2 heterocycles. The van der Waals surface area contributed by atoms with E-state index in [1.807, 2.05) is 0 Å². The topological polar surface area (TPSA) is 79.5 Å². The van der Waals surface area contributed by atoms with Crippen LogP contribution in [-0.4, -0.2) is 40.6 Å². The first-order valence-corrected chi connectivity index (χ1v) is 6.29. The van der Waals surface area contributed by atoms with E-state index >= 15 is 0 Å². The molecule has 18 heavy (non-hydrogen) atoms. The normalized spacial score (nSPS) is 19.9. The minimum absolute atomic E-state index is 0.00486. The molecule has 0 spiro atoms. The molecule has 1 aromatic rings. The number of aliphatic hydroxyl groups is 1. The Balaban J connectivity index is 2.10. The molecule has 0 saturated carbocycles.